The highest BCUT2D eigenvalue weighted by Gasteiger charge is 2.51. The molecule has 0 unspecified atom stereocenters. The van der Waals surface area contributed by atoms with Crippen molar-refractivity contribution in [2.24, 2.45) is 7.05 Å². The SMILES string of the molecule is COc1cc(C(=O)NC2(C(=O)NCc3ccc(-n4c(-c5nnn(C)n5)c(Cl)c5ccccc54)cc3F)CC2)on1. The van der Waals surface area contributed by atoms with Crippen LogP contribution in [-0.4, -0.2) is 54.4 Å². The molecule has 0 aliphatic heterocycles. The summed E-state index contributed by atoms with van der Waals surface area (Å²) in [6, 6.07) is 13.4. The average Bonchev–Trinajstić information content (AvgIpc) is 3.26. The van der Waals surface area contributed by atoms with Gasteiger partial charge in [-0.05, 0) is 41.4 Å². The molecule has 0 spiro atoms. The number of aromatic nitrogens is 6. The minimum Gasteiger partial charge on any atom is -0.479 e. The molecule has 0 atom stereocenters. The van der Waals surface area contributed by atoms with Crippen molar-refractivity contribution in [2.45, 2.75) is 24.9 Å². The number of hydrogen-bond donors (Lipinski definition) is 2. The van der Waals surface area contributed by atoms with E-state index in [4.69, 9.17) is 20.9 Å². The Morgan fingerprint density at radius 1 is 1.20 bits per heavy atom. The standard InChI is InChI=1S/C26H22ClFN8O4/c1-35-32-23(31-34-35)22-21(27)16-5-3-4-6-18(16)36(22)15-8-7-14(17(28)11-15)13-29-25(38)26(9-10-26)30-24(37)19-12-20(39-2)33-40-19/h3-8,11-12H,9-10,13H2,1-2H3,(H,29,38)(H,30,37). The first-order valence-electron chi connectivity index (χ1n) is 12.2. The maximum absolute atomic E-state index is 15.4. The molecule has 1 fully saturated rings. The largest absolute Gasteiger partial charge is 0.479 e. The van der Waals surface area contributed by atoms with Gasteiger partial charge in [-0.3, -0.25) is 9.59 Å². The lowest BCUT2D eigenvalue weighted by atomic mass is 10.1. The third-order valence-corrected chi connectivity index (χ3v) is 7.11. The molecule has 1 saturated carbocycles. The number of halogens is 2. The first-order valence-corrected chi connectivity index (χ1v) is 12.6. The second-order valence-electron chi connectivity index (χ2n) is 9.35. The summed E-state index contributed by atoms with van der Waals surface area (Å²) >= 11 is 6.72. The number of rotatable bonds is 8. The Bertz CT molecular complexity index is 1770. The van der Waals surface area contributed by atoms with Gasteiger partial charge in [-0.25, -0.2) is 4.39 Å². The van der Waals surface area contributed by atoms with Gasteiger partial charge in [-0.15, -0.1) is 10.2 Å². The van der Waals surface area contributed by atoms with Gasteiger partial charge in [-0.1, -0.05) is 35.9 Å². The second-order valence-corrected chi connectivity index (χ2v) is 9.72. The Labute approximate surface area is 231 Å². The summed E-state index contributed by atoms with van der Waals surface area (Å²) in [4.78, 5) is 26.7. The Kier molecular flexibility index (Phi) is 6.22. The number of benzene rings is 2. The Balaban J connectivity index is 1.22. The van der Waals surface area contributed by atoms with E-state index < -0.39 is 23.2 Å². The molecule has 0 saturated heterocycles. The summed E-state index contributed by atoms with van der Waals surface area (Å²) in [7, 11) is 3.04. The monoisotopic (exact) mass is 564 g/mol. The van der Waals surface area contributed by atoms with E-state index in [1.54, 1.807) is 23.7 Å². The number of fused-ring (bicyclic) bond motifs is 1. The smallest absolute Gasteiger partial charge is 0.290 e. The predicted octanol–water partition coefficient (Wildman–Crippen LogP) is 3.19. The van der Waals surface area contributed by atoms with Crippen molar-refractivity contribution >= 4 is 34.3 Å². The molecule has 12 nitrogen and oxygen atoms in total. The van der Waals surface area contributed by atoms with Crippen LogP contribution in [0.3, 0.4) is 0 Å². The molecule has 2 amide bonds. The Morgan fingerprint density at radius 3 is 2.67 bits per heavy atom. The highest BCUT2D eigenvalue weighted by atomic mass is 35.5. The third kappa shape index (κ3) is 4.43. The summed E-state index contributed by atoms with van der Waals surface area (Å²) < 4.78 is 27.0. The van der Waals surface area contributed by atoms with Crippen molar-refractivity contribution in [1.82, 2.24) is 40.6 Å². The molecule has 1 aliphatic rings. The van der Waals surface area contributed by atoms with Crippen LogP contribution < -0.4 is 15.4 Å². The van der Waals surface area contributed by atoms with Gasteiger partial charge in [0.15, 0.2) is 0 Å². The van der Waals surface area contributed by atoms with E-state index in [-0.39, 0.29) is 23.7 Å². The van der Waals surface area contributed by atoms with Gasteiger partial charge < -0.3 is 24.5 Å². The maximum atomic E-state index is 15.4. The Morgan fingerprint density at radius 2 is 2.00 bits per heavy atom. The lowest BCUT2D eigenvalue weighted by Gasteiger charge is -2.17. The fourth-order valence-corrected chi connectivity index (χ4v) is 4.81. The van der Waals surface area contributed by atoms with Crippen LogP contribution in [0.5, 0.6) is 5.88 Å². The average molecular weight is 565 g/mol. The number of tetrazole rings is 1. The lowest BCUT2D eigenvalue weighted by Crippen LogP contribution is -2.48. The molecule has 3 heterocycles. The van der Waals surface area contributed by atoms with Crippen molar-refractivity contribution in [3.05, 3.63) is 70.7 Å². The summed E-state index contributed by atoms with van der Waals surface area (Å²) in [6.45, 7) is -0.0789. The number of para-hydroxylation sites is 1. The first-order chi connectivity index (χ1) is 19.3. The van der Waals surface area contributed by atoms with Gasteiger partial charge in [0.2, 0.25) is 17.5 Å². The van der Waals surface area contributed by atoms with Crippen LogP contribution in [0.1, 0.15) is 29.0 Å². The zero-order valence-electron chi connectivity index (χ0n) is 21.3. The molecule has 3 aromatic heterocycles. The van der Waals surface area contributed by atoms with Crippen LogP contribution in [-0.2, 0) is 18.4 Å². The molecule has 2 aromatic carbocycles. The predicted molar refractivity (Wildman–Crippen MR) is 140 cm³/mol. The van der Waals surface area contributed by atoms with Crippen molar-refractivity contribution in [2.75, 3.05) is 7.11 Å². The van der Waals surface area contributed by atoms with Crippen molar-refractivity contribution in [3.63, 3.8) is 0 Å². The quantitative estimate of drug-likeness (QED) is 0.293. The number of carbonyl (C=O) groups is 2. The van der Waals surface area contributed by atoms with E-state index in [2.05, 4.69) is 31.2 Å². The van der Waals surface area contributed by atoms with Crippen LogP contribution in [0.2, 0.25) is 5.02 Å². The van der Waals surface area contributed by atoms with Gasteiger partial charge in [0, 0.05) is 23.2 Å². The van der Waals surface area contributed by atoms with Crippen LogP contribution >= 0.6 is 11.6 Å². The normalized spacial score (nSPS) is 13.8. The van der Waals surface area contributed by atoms with Gasteiger partial charge in [0.05, 0.1) is 30.8 Å². The zero-order chi connectivity index (χ0) is 28.0. The number of nitrogens with one attached hydrogen (secondary N) is 2. The fourth-order valence-electron chi connectivity index (χ4n) is 4.48. The summed E-state index contributed by atoms with van der Waals surface area (Å²) in [5, 5.41) is 22.5. The number of carbonyl (C=O) groups excluding carboxylic acids is 2. The molecule has 0 bridgehead atoms. The number of methoxy groups -OCH3 is 1. The van der Waals surface area contributed by atoms with Gasteiger partial charge in [0.1, 0.15) is 17.1 Å². The zero-order valence-corrected chi connectivity index (χ0v) is 22.1. The summed E-state index contributed by atoms with van der Waals surface area (Å²) in [6.07, 6.45) is 0.885. The van der Waals surface area contributed by atoms with E-state index in [0.29, 0.717) is 35.1 Å². The summed E-state index contributed by atoms with van der Waals surface area (Å²) in [5.74, 6) is -1.19. The highest BCUT2D eigenvalue weighted by Crippen LogP contribution is 2.39. The van der Waals surface area contributed by atoms with Gasteiger partial charge >= 0.3 is 0 Å². The van der Waals surface area contributed by atoms with Crippen LogP contribution in [0.15, 0.2) is 53.1 Å². The molecule has 2 N–H and O–H groups in total. The number of hydrogen-bond acceptors (Lipinski definition) is 8. The van der Waals surface area contributed by atoms with E-state index in [1.165, 1.54) is 24.0 Å². The molecule has 14 heteroatoms. The number of aryl methyl sites for hydroxylation is 1. The molecule has 204 valence electrons. The van der Waals surface area contributed by atoms with Crippen LogP contribution in [0.25, 0.3) is 28.1 Å². The molecular weight excluding hydrogens is 543 g/mol. The Hall–Kier alpha value is -4.78. The van der Waals surface area contributed by atoms with Crippen LogP contribution in [0.4, 0.5) is 4.39 Å². The number of ether oxygens (including phenoxy) is 1. The van der Waals surface area contributed by atoms with E-state index in [1.807, 2.05) is 24.3 Å². The van der Waals surface area contributed by atoms with E-state index in [0.717, 1.165) is 10.9 Å². The molecule has 1 aliphatic carbocycles. The first kappa shape index (κ1) is 25.5. The molecule has 6 rings (SSSR count). The van der Waals surface area contributed by atoms with Crippen LogP contribution in [0, 0.1) is 5.82 Å². The van der Waals surface area contributed by atoms with Gasteiger partial charge in [0.25, 0.3) is 11.8 Å². The van der Waals surface area contributed by atoms with Crippen molar-refractivity contribution < 1.29 is 23.2 Å². The number of nitrogens with zero attached hydrogens (tertiary/aromatic N) is 6. The lowest BCUT2D eigenvalue weighted by molar-refractivity contribution is -0.124. The van der Waals surface area contributed by atoms with E-state index >= 15 is 4.39 Å². The van der Waals surface area contributed by atoms with Crippen molar-refractivity contribution in [3.8, 4) is 23.1 Å². The van der Waals surface area contributed by atoms with Gasteiger partial charge in [-0.2, -0.15) is 4.80 Å². The maximum Gasteiger partial charge on any atom is 0.290 e. The highest BCUT2D eigenvalue weighted by molar-refractivity contribution is 6.38. The molecular formula is C26H22ClFN8O4. The van der Waals surface area contributed by atoms with Crippen molar-refractivity contribution in [1.29, 1.82) is 0 Å². The minimum absolute atomic E-state index is 0.0775. The minimum atomic E-state index is -1.09. The summed E-state index contributed by atoms with van der Waals surface area (Å²) in [5.41, 5.74) is 0.887. The topological polar surface area (TPSA) is 142 Å². The fraction of sp³-hybridized carbons (Fsp3) is 0.231. The molecule has 40 heavy (non-hydrogen) atoms. The third-order valence-electron chi connectivity index (χ3n) is 6.73. The molecule has 5 aromatic rings. The molecule has 0 radical (unpaired) electrons. The van der Waals surface area contributed by atoms with E-state index in [9.17, 15) is 9.59 Å². The number of amides is 2. The second kappa shape index (κ2) is 9.75.